The van der Waals surface area contributed by atoms with Crippen LogP contribution in [0.15, 0.2) is 54.6 Å². The van der Waals surface area contributed by atoms with Crippen molar-refractivity contribution in [3.63, 3.8) is 0 Å². The summed E-state index contributed by atoms with van der Waals surface area (Å²) in [6.07, 6.45) is 3.68. The first-order valence-corrected chi connectivity index (χ1v) is 11.7. The number of hydrogen-bond donors (Lipinski definition) is 0. The molecule has 2 aliphatic rings. The Kier molecular flexibility index (Phi) is 7.27. The number of likely N-dealkylation sites (tertiary alicyclic amines) is 1. The maximum atomic E-state index is 13.2. The van der Waals surface area contributed by atoms with Crippen LogP contribution in [-0.2, 0) is 20.9 Å². The van der Waals surface area contributed by atoms with Gasteiger partial charge in [0.1, 0.15) is 6.61 Å². The number of benzene rings is 2. The van der Waals surface area contributed by atoms with Crippen LogP contribution in [0.4, 0.5) is 16.2 Å². The molecular formula is C26H31N3O4. The first-order valence-electron chi connectivity index (χ1n) is 11.7. The van der Waals surface area contributed by atoms with Crippen molar-refractivity contribution in [1.29, 1.82) is 0 Å². The third-order valence-electron chi connectivity index (χ3n) is 6.44. The van der Waals surface area contributed by atoms with Crippen molar-refractivity contribution in [3.05, 3.63) is 60.2 Å². The van der Waals surface area contributed by atoms with Crippen LogP contribution < -0.4 is 9.80 Å². The smallest absolute Gasteiger partial charge is 0.410 e. The zero-order valence-electron chi connectivity index (χ0n) is 19.1. The quantitative estimate of drug-likeness (QED) is 0.686. The molecule has 2 aromatic carbocycles. The predicted molar refractivity (Wildman–Crippen MR) is 127 cm³/mol. The van der Waals surface area contributed by atoms with Gasteiger partial charge in [0.2, 0.25) is 11.8 Å². The lowest BCUT2D eigenvalue weighted by atomic mass is 9.96. The van der Waals surface area contributed by atoms with Crippen molar-refractivity contribution in [2.24, 2.45) is 5.92 Å². The van der Waals surface area contributed by atoms with Gasteiger partial charge < -0.3 is 19.4 Å². The number of amides is 3. The Hall–Kier alpha value is -3.35. The molecule has 2 aromatic rings. The van der Waals surface area contributed by atoms with Crippen LogP contribution >= 0.6 is 0 Å². The van der Waals surface area contributed by atoms with Gasteiger partial charge in [-0.3, -0.25) is 9.59 Å². The summed E-state index contributed by atoms with van der Waals surface area (Å²) < 4.78 is 5.45. The highest BCUT2D eigenvalue weighted by atomic mass is 16.6. The summed E-state index contributed by atoms with van der Waals surface area (Å²) in [4.78, 5) is 43.0. The molecule has 3 amide bonds. The van der Waals surface area contributed by atoms with E-state index in [4.69, 9.17) is 4.74 Å². The van der Waals surface area contributed by atoms with Crippen LogP contribution in [0.1, 0.15) is 37.7 Å². The molecule has 0 unspecified atom stereocenters. The first kappa shape index (κ1) is 22.8. The molecule has 0 saturated carbocycles. The van der Waals surface area contributed by atoms with Crippen LogP contribution in [0, 0.1) is 5.92 Å². The fourth-order valence-corrected chi connectivity index (χ4v) is 4.49. The van der Waals surface area contributed by atoms with Gasteiger partial charge in [0.05, 0.1) is 5.92 Å². The zero-order valence-corrected chi connectivity index (χ0v) is 19.1. The summed E-state index contributed by atoms with van der Waals surface area (Å²) in [5.74, 6) is -0.131. The van der Waals surface area contributed by atoms with Crippen LogP contribution in [0.25, 0.3) is 0 Å². The standard InChI is InChI=1S/C26H31N3O4/c1-27(22-12-14-23(15-13-22)29-17-6-5-11-24(29)30)25(31)21-10-7-16-28(18-21)26(32)33-19-20-8-3-2-4-9-20/h2-4,8-9,12-15,21H,5-7,10-11,16-19H2,1H3/t21-/m0/s1. The van der Waals surface area contributed by atoms with E-state index in [-0.39, 0.29) is 30.4 Å². The number of carbonyl (C=O) groups excluding carboxylic acids is 3. The predicted octanol–water partition coefficient (Wildman–Crippen LogP) is 4.22. The highest BCUT2D eigenvalue weighted by molar-refractivity contribution is 5.96. The molecule has 2 fully saturated rings. The van der Waals surface area contributed by atoms with Gasteiger partial charge in [0.15, 0.2) is 0 Å². The maximum Gasteiger partial charge on any atom is 0.410 e. The molecule has 0 radical (unpaired) electrons. The van der Waals surface area contributed by atoms with Gasteiger partial charge in [0.25, 0.3) is 0 Å². The zero-order chi connectivity index (χ0) is 23.2. The van der Waals surface area contributed by atoms with E-state index < -0.39 is 0 Å². The molecule has 7 nitrogen and oxygen atoms in total. The highest BCUT2D eigenvalue weighted by Gasteiger charge is 2.31. The number of hydrogen-bond acceptors (Lipinski definition) is 4. The summed E-state index contributed by atoms with van der Waals surface area (Å²) in [6.45, 7) is 1.92. The van der Waals surface area contributed by atoms with Crippen molar-refractivity contribution in [1.82, 2.24) is 4.90 Å². The number of piperidine rings is 2. The average molecular weight is 450 g/mol. The molecule has 0 aromatic heterocycles. The summed E-state index contributed by atoms with van der Waals surface area (Å²) in [5.41, 5.74) is 2.58. The third kappa shape index (κ3) is 5.53. The number of rotatable bonds is 5. The van der Waals surface area contributed by atoms with Crippen LogP contribution in [0.2, 0.25) is 0 Å². The second-order valence-corrected chi connectivity index (χ2v) is 8.74. The lowest BCUT2D eigenvalue weighted by Gasteiger charge is -2.33. The maximum absolute atomic E-state index is 13.2. The number of nitrogens with zero attached hydrogens (tertiary/aromatic N) is 3. The summed E-state index contributed by atoms with van der Waals surface area (Å²) in [5, 5.41) is 0. The molecule has 2 aliphatic heterocycles. The molecule has 0 spiro atoms. The number of ether oxygens (including phenoxy) is 1. The molecule has 0 bridgehead atoms. The fourth-order valence-electron chi connectivity index (χ4n) is 4.49. The third-order valence-corrected chi connectivity index (χ3v) is 6.44. The van der Waals surface area contributed by atoms with Crippen LogP contribution in [0.3, 0.4) is 0 Å². The van der Waals surface area contributed by atoms with Crippen molar-refractivity contribution >= 4 is 29.3 Å². The monoisotopic (exact) mass is 449 g/mol. The Balaban J connectivity index is 1.34. The Morgan fingerprint density at radius 3 is 2.48 bits per heavy atom. The largest absolute Gasteiger partial charge is 0.445 e. The second-order valence-electron chi connectivity index (χ2n) is 8.74. The van der Waals surface area contributed by atoms with Gasteiger partial charge in [0, 0.05) is 44.5 Å². The van der Waals surface area contributed by atoms with E-state index in [1.165, 1.54) is 0 Å². The molecular weight excluding hydrogens is 418 g/mol. The van der Waals surface area contributed by atoms with Gasteiger partial charge in [-0.25, -0.2) is 4.79 Å². The Labute approximate surface area is 194 Å². The first-order chi connectivity index (χ1) is 16.0. The minimum Gasteiger partial charge on any atom is -0.445 e. The van der Waals surface area contributed by atoms with E-state index >= 15 is 0 Å². The number of carbonyl (C=O) groups is 3. The van der Waals surface area contributed by atoms with Gasteiger partial charge in [-0.15, -0.1) is 0 Å². The van der Waals surface area contributed by atoms with Gasteiger partial charge in [-0.05, 0) is 55.5 Å². The lowest BCUT2D eigenvalue weighted by molar-refractivity contribution is -0.123. The lowest BCUT2D eigenvalue weighted by Crippen LogP contribution is -2.46. The fraction of sp³-hybridized carbons (Fsp3) is 0.423. The minimum absolute atomic E-state index is 0.0163. The van der Waals surface area contributed by atoms with E-state index in [2.05, 4.69) is 0 Å². The number of anilines is 2. The average Bonchev–Trinajstić information content (AvgIpc) is 2.87. The molecule has 2 saturated heterocycles. The van der Waals surface area contributed by atoms with Gasteiger partial charge >= 0.3 is 6.09 Å². The Bertz CT molecular complexity index is 977. The van der Waals surface area contributed by atoms with Crippen molar-refractivity contribution < 1.29 is 19.1 Å². The normalized spacial score (nSPS) is 18.7. The summed E-state index contributed by atoms with van der Waals surface area (Å²) in [6, 6.07) is 17.1. The second kappa shape index (κ2) is 10.5. The molecule has 0 N–H and O–H groups in total. The Morgan fingerprint density at radius 2 is 1.76 bits per heavy atom. The van der Waals surface area contributed by atoms with Crippen molar-refractivity contribution in [2.45, 2.75) is 38.7 Å². The molecule has 174 valence electrons. The van der Waals surface area contributed by atoms with E-state index in [1.54, 1.807) is 16.8 Å². The van der Waals surface area contributed by atoms with E-state index in [9.17, 15) is 14.4 Å². The van der Waals surface area contributed by atoms with Gasteiger partial charge in [-0.2, -0.15) is 0 Å². The topological polar surface area (TPSA) is 70.2 Å². The van der Waals surface area contributed by atoms with Crippen molar-refractivity contribution in [2.75, 3.05) is 36.5 Å². The summed E-state index contributed by atoms with van der Waals surface area (Å²) >= 11 is 0. The molecule has 4 rings (SSSR count). The summed E-state index contributed by atoms with van der Waals surface area (Å²) in [7, 11) is 1.76. The van der Waals surface area contributed by atoms with E-state index in [1.807, 2.05) is 59.5 Å². The highest BCUT2D eigenvalue weighted by Crippen LogP contribution is 2.26. The van der Waals surface area contributed by atoms with Gasteiger partial charge in [-0.1, -0.05) is 30.3 Å². The minimum atomic E-state index is -0.380. The van der Waals surface area contributed by atoms with Crippen LogP contribution in [0.5, 0.6) is 0 Å². The molecule has 33 heavy (non-hydrogen) atoms. The molecule has 1 atom stereocenters. The molecule has 0 aliphatic carbocycles. The van der Waals surface area contributed by atoms with E-state index in [0.29, 0.717) is 19.5 Å². The Morgan fingerprint density at radius 1 is 1.00 bits per heavy atom. The van der Waals surface area contributed by atoms with E-state index in [0.717, 1.165) is 49.2 Å². The molecule has 7 heteroatoms. The van der Waals surface area contributed by atoms with Crippen LogP contribution in [-0.4, -0.2) is 49.5 Å². The van der Waals surface area contributed by atoms with Crippen molar-refractivity contribution in [3.8, 4) is 0 Å². The molecule has 2 heterocycles. The SMILES string of the molecule is CN(C(=O)[C@H]1CCCN(C(=O)OCc2ccccc2)C1)c1ccc(N2CCCCC2=O)cc1.